The maximum Gasteiger partial charge on any atom is 0.326 e. The summed E-state index contributed by atoms with van der Waals surface area (Å²) in [5.74, 6) is -0.651. The quantitative estimate of drug-likeness (QED) is 0.528. The van der Waals surface area contributed by atoms with Gasteiger partial charge >= 0.3 is 5.97 Å². The van der Waals surface area contributed by atoms with Crippen molar-refractivity contribution in [2.24, 2.45) is 0 Å². The molecule has 0 radical (unpaired) electrons. The van der Waals surface area contributed by atoms with Crippen LogP contribution in [-0.4, -0.2) is 41.2 Å². The third kappa shape index (κ3) is 7.87. The second kappa shape index (κ2) is 11.4. The lowest BCUT2D eigenvalue weighted by Crippen LogP contribution is -2.53. The molecule has 2 rings (SSSR count). The summed E-state index contributed by atoms with van der Waals surface area (Å²) in [6.07, 6.45) is 0.748. The molecule has 162 valence electrons. The normalized spacial score (nSPS) is 13.1. The van der Waals surface area contributed by atoms with Gasteiger partial charge in [-0.2, -0.15) is 0 Å². The van der Waals surface area contributed by atoms with Crippen molar-refractivity contribution in [3.05, 3.63) is 65.7 Å². The van der Waals surface area contributed by atoms with Crippen molar-refractivity contribution in [3.8, 4) is 5.75 Å². The summed E-state index contributed by atoms with van der Waals surface area (Å²) in [6.45, 7) is 7.81. The average molecular weight is 413 g/mol. The smallest absolute Gasteiger partial charge is 0.326 e. The Labute approximate surface area is 178 Å². The zero-order chi connectivity index (χ0) is 22.1. The van der Waals surface area contributed by atoms with Gasteiger partial charge in [0, 0.05) is 12.5 Å². The van der Waals surface area contributed by atoms with Gasteiger partial charge in [0.25, 0.3) is 0 Å². The molecule has 0 aliphatic rings. The number of carbonyl (C=O) groups is 2. The van der Waals surface area contributed by atoms with Gasteiger partial charge in [-0.1, -0.05) is 56.3 Å². The lowest BCUT2D eigenvalue weighted by atomic mass is 10.0. The molecule has 30 heavy (non-hydrogen) atoms. The second-order valence-corrected chi connectivity index (χ2v) is 7.98. The van der Waals surface area contributed by atoms with Crippen LogP contribution in [0.4, 0.5) is 0 Å². The van der Waals surface area contributed by atoms with Gasteiger partial charge in [-0.05, 0) is 43.5 Å². The Hall–Kier alpha value is -2.86. The highest BCUT2D eigenvalue weighted by Crippen LogP contribution is 2.15. The first-order valence-electron chi connectivity index (χ1n) is 10.3. The number of carboxylic acids is 1. The van der Waals surface area contributed by atoms with E-state index in [4.69, 9.17) is 4.74 Å². The minimum absolute atomic E-state index is 0.0666. The van der Waals surface area contributed by atoms with E-state index < -0.39 is 18.1 Å². The fourth-order valence-electron chi connectivity index (χ4n) is 3.16. The van der Waals surface area contributed by atoms with Gasteiger partial charge in [-0.3, -0.25) is 4.79 Å². The number of carboxylic acid groups (broad SMARTS) is 1. The summed E-state index contributed by atoms with van der Waals surface area (Å²) in [5.41, 5.74) is 1.83. The maximum absolute atomic E-state index is 12.9. The summed E-state index contributed by atoms with van der Waals surface area (Å²) in [6, 6.07) is 15.5. The van der Waals surface area contributed by atoms with Gasteiger partial charge in [-0.15, -0.1) is 0 Å². The first-order valence-corrected chi connectivity index (χ1v) is 10.3. The summed E-state index contributed by atoms with van der Waals surface area (Å²) in [7, 11) is 0. The van der Waals surface area contributed by atoms with Gasteiger partial charge in [0.15, 0.2) is 0 Å². The fourth-order valence-corrected chi connectivity index (χ4v) is 3.16. The van der Waals surface area contributed by atoms with Crippen LogP contribution in [0.25, 0.3) is 0 Å². The maximum atomic E-state index is 12.9. The topological polar surface area (TPSA) is 87.7 Å². The number of ether oxygens (including phenoxy) is 1. The molecular weight excluding hydrogens is 380 g/mol. The predicted molar refractivity (Wildman–Crippen MR) is 118 cm³/mol. The minimum Gasteiger partial charge on any atom is -0.491 e. The van der Waals surface area contributed by atoms with Crippen LogP contribution in [0.15, 0.2) is 54.6 Å². The molecule has 0 unspecified atom stereocenters. The molecule has 0 spiro atoms. The summed E-state index contributed by atoms with van der Waals surface area (Å²) < 4.78 is 5.62. The SMILES string of the molecule is CC(C)N[C@@H](Cc1ccccc1)C(=O)N[C@@H](Cc1ccc(OC(C)C)cc1)C(=O)O. The highest BCUT2D eigenvalue weighted by atomic mass is 16.5. The molecule has 2 aromatic rings. The van der Waals surface area contributed by atoms with Gasteiger partial charge in [0.1, 0.15) is 11.8 Å². The van der Waals surface area contributed by atoms with Crippen molar-refractivity contribution in [1.29, 1.82) is 0 Å². The van der Waals surface area contributed by atoms with Gasteiger partial charge < -0.3 is 20.5 Å². The van der Waals surface area contributed by atoms with E-state index in [9.17, 15) is 14.7 Å². The Morgan fingerprint density at radius 3 is 1.97 bits per heavy atom. The lowest BCUT2D eigenvalue weighted by Gasteiger charge is -2.23. The number of hydrogen-bond donors (Lipinski definition) is 3. The van der Waals surface area contributed by atoms with Crippen LogP contribution in [-0.2, 0) is 22.4 Å². The molecule has 0 aliphatic carbocycles. The van der Waals surface area contributed by atoms with Crippen LogP contribution in [0, 0.1) is 0 Å². The van der Waals surface area contributed by atoms with Crippen molar-refractivity contribution >= 4 is 11.9 Å². The fraction of sp³-hybridized carbons (Fsp3) is 0.417. The molecule has 0 aliphatic heterocycles. The van der Waals surface area contributed by atoms with E-state index in [1.54, 1.807) is 0 Å². The first-order chi connectivity index (χ1) is 14.2. The second-order valence-electron chi connectivity index (χ2n) is 7.98. The van der Waals surface area contributed by atoms with Crippen molar-refractivity contribution in [3.63, 3.8) is 0 Å². The molecule has 2 aromatic carbocycles. The third-order valence-electron chi connectivity index (χ3n) is 4.48. The number of aliphatic carboxylic acids is 1. The molecule has 0 saturated carbocycles. The Balaban J connectivity index is 2.07. The van der Waals surface area contributed by atoms with Crippen molar-refractivity contribution in [2.75, 3.05) is 0 Å². The molecular formula is C24H32N2O4. The Kier molecular flexibility index (Phi) is 8.87. The molecule has 6 heteroatoms. The van der Waals surface area contributed by atoms with Crippen molar-refractivity contribution in [1.82, 2.24) is 10.6 Å². The number of benzene rings is 2. The summed E-state index contributed by atoms with van der Waals surface area (Å²) in [4.78, 5) is 24.7. The Bertz CT molecular complexity index is 804. The molecule has 6 nitrogen and oxygen atoms in total. The van der Waals surface area contributed by atoms with Gasteiger partial charge in [0.05, 0.1) is 12.1 Å². The number of hydrogen-bond acceptors (Lipinski definition) is 4. The van der Waals surface area contributed by atoms with Gasteiger partial charge in [-0.25, -0.2) is 4.79 Å². The molecule has 0 saturated heterocycles. The monoisotopic (exact) mass is 412 g/mol. The molecule has 0 aromatic heterocycles. The Morgan fingerprint density at radius 1 is 0.867 bits per heavy atom. The summed E-state index contributed by atoms with van der Waals surface area (Å²) >= 11 is 0. The zero-order valence-electron chi connectivity index (χ0n) is 18.1. The zero-order valence-corrected chi connectivity index (χ0v) is 18.1. The highest BCUT2D eigenvalue weighted by molar-refractivity contribution is 5.87. The van der Waals surface area contributed by atoms with Crippen LogP contribution >= 0.6 is 0 Å². The molecule has 3 N–H and O–H groups in total. The van der Waals surface area contributed by atoms with Crippen LogP contribution in [0.3, 0.4) is 0 Å². The van der Waals surface area contributed by atoms with E-state index >= 15 is 0 Å². The Morgan fingerprint density at radius 2 is 1.43 bits per heavy atom. The lowest BCUT2D eigenvalue weighted by molar-refractivity contribution is -0.142. The van der Waals surface area contributed by atoms with Gasteiger partial charge in [0.2, 0.25) is 5.91 Å². The summed E-state index contributed by atoms with van der Waals surface area (Å²) in [5, 5.41) is 15.6. The van der Waals surface area contributed by atoms with E-state index in [0.717, 1.165) is 16.9 Å². The number of rotatable bonds is 11. The largest absolute Gasteiger partial charge is 0.491 e. The van der Waals surface area contributed by atoms with Crippen LogP contribution < -0.4 is 15.4 Å². The first kappa shape index (κ1) is 23.4. The molecule has 0 heterocycles. The van der Waals surface area contributed by atoms with E-state index in [2.05, 4.69) is 10.6 Å². The average Bonchev–Trinajstić information content (AvgIpc) is 2.68. The van der Waals surface area contributed by atoms with Crippen LogP contribution in [0.1, 0.15) is 38.8 Å². The molecule has 1 amide bonds. The predicted octanol–water partition coefficient (Wildman–Crippen LogP) is 3.20. The van der Waals surface area contributed by atoms with Crippen molar-refractivity contribution < 1.29 is 19.4 Å². The van der Waals surface area contributed by atoms with Crippen molar-refractivity contribution in [2.45, 2.75) is 64.8 Å². The van der Waals surface area contributed by atoms with E-state index in [1.807, 2.05) is 82.3 Å². The molecule has 0 bridgehead atoms. The minimum atomic E-state index is -1.06. The highest BCUT2D eigenvalue weighted by Gasteiger charge is 2.26. The van der Waals surface area contributed by atoms with E-state index in [1.165, 1.54) is 0 Å². The van der Waals surface area contributed by atoms with Crippen LogP contribution in [0.5, 0.6) is 5.75 Å². The number of amides is 1. The molecule has 2 atom stereocenters. The molecule has 0 fully saturated rings. The number of nitrogens with one attached hydrogen (secondary N) is 2. The van der Waals surface area contributed by atoms with E-state index in [-0.39, 0.29) is 24.5 Å². The number of carbonyl (C=O) groups excluding carboxylic acids is 1. The van der Waals surface area contributed by atoms with E-state index in [0.29, 0.717) is 6.42 Å². The third-order valence-corrected chi connectivity index (χ3v) is 4.48. The standard InChI is InChI=1S/C24H32N2O4/c1-16(2)25-21(14-18-8-6-5-7-9-18)23(27)26-22(24(28)29)15-19-10-12-20(13-11-19)30-17(3)4/h5-13,16-17,21-22,25H,14-15H2,1-4H3,(H,26,27)(H,28,29)/t21-,22-/m0/s1. The van der Waals surface area contributed by atoms with Crippen LogP contribution in [0.2, 0.25) is 0 Å².